The summed E-state index contributed by atoms with van der Waals surface area (Å²) in [5.41, 5.74) is 5.66. The number of aromatic nitrogens is 2. The number of hydrogen-bond donors (Lipinski definition) is 1. The summed E-state index contributed by atoms with van der Waals surface area (Å²) in [6, 6.07) is 23.5. The number of hydrogen-bond acceptors (Lipinski definition) is 2. The van der Waals surface area contributed by atoms with Crippen molar-refractivity contribution >= 4 is 43.0 Å². The third kappa shape index (κ3) is 5.96. The molecule has 7 heteroatoms. The van der Waals surface area contributed by atoms with E-state index in [1.54, 1.807) is 13.8 Å². The van der Waals surface area contributed by atoms with Gasteiger partial charge in [-0.05, 0) is 91.1 Å². The molecule has 0 aliphatic heterocycles. The van der Waals surface area contributed by atoms with Gasteiger partial charge < -0.3 is 9.55 Å². The molecule has 0 saturated heterocycles. The van der Waals surface area contributed by atoms with Crippen molar-refractivity contribution in [1.29, 1.82) is 0 Å². The number of fused-ring (bicyclic) bond motifs is 2. The topological polar surface area (TPSA) is 63.6 Å². The highest BCUT2D eigenvalue weighted by molar-refractivity contribution is 7.91. The van der Waals surface area contributed by atoms with E-state index in [1.807, 2.05) is 60.9 Å². The molecule has 0 aliphatic rings. The van der Waals surface area contributed by atoms with E-state index in [0.717, 1.165) is 33.1 Å². The van der Waals surface area contributed by atoms with Gasteiger partial charge in [-0.25, -0.2) is 18.1 Å². The summed E-state index contributed by atoms with van der Waals surface area (Å²) in [5, 5.41) is 1.82. The Morgan fingerprint density at radius 2 is 1.50 bits per heavy atom. The number of aromatic amines is 1. The fourth-order valence-electron chi connectivity index (χ4n) is 4.24. The van der Waals surface area contributed by atoms with Gasteiger partial charge in [-0.2, -0.15) is 0 Å². The maximum Gasteiger partial charge on any atom is 0.187 e. The first-order chi connectivity index (χ1) is 18.2. The summed E-state index contributed by atoms with van der Waals surface area (Å²) >= 11 is 0. The zero-order valence-electron chi connectivity index (χ0n) is 21.7. The van der Waals surface area contributed by atoms with Gasteiger partial charge >= 0.3 is 0 Å². The quantitative estimate of drug-likeness (QED) is 0.228. The lowest BCUT2D eigenvalue weighted by Crippen LogP contribution is -2.18. The fourth-order valence-corrected chi connectivity index (χ4v) is 5.40. The summed E-state index contributed by atoms with van der Waals surface area (Å²) in [7, 11) is -3.00. The molecule has 0 saturated carbocycles. The van der Waals surface area contributed by atoms with E-state index in [0.29, 0.717) is 17.8 Å². The van der Waals surface area contributed by atoms with Gasteiger partial charge in [0.25, 0.3) is 0 Å². The van der Waals surface area contributed by atoms with E-state index in [9.17, 15) is 8.42 Å². The van der Waals surface area contributed by atoms with E-state index in [-0.39, 0.29) is 16.9 Å². The molecule has 5 rings (SSSR count). The number of H-pyrrole nitrogens is 1. The summed E-state index contributed by atoms with van der Waals surface area (Å²) < 4.78 is 26.1. The lowest BCUT2D eigenvalue weighted by atomic mass is 9.98. The van der Waals surface area contributed by atoms with Crippen molar-refractivity contribution in [3.05, 3.63) is 114 Å². The predicted molar refractivity (Wildman–Crippen MR) is 156 cm³/mol. The van der Waals surface area contributed by atoms with Gasteiger partial charge in [0.2, 0.25) is 0 Å². The molecule has 0 spiro atoms. The Bertz CT molecular complexity index is 1750. The van der Waals surface area contributed by atoms with Crippen molar-refractivity contribution < 1.29 is 8.42 Å². The maximum atomic E-state index is 12.0. The molecule has 0 unspecified atom stereocenters. The second-order valence-corrected chi connectivity index (χ2v) is 12.3. The van der Waals surface area contributed by atoms with E-state index >= 15 is 0 Å². The Kier molecular flexibility index (Phi) is 8.00. The van der Waals surface area contributed by atoms with Gasteiger partial charge in [-0.1, -0.05) is 31.2 Å². The molecule has 0 amide bonds. The first-order valence-electron chi connectivity index (χ1n) is 12.5. The number of rotatable bonds is 6. The van der Waals surface area contributed by atoms with Gasteiger partial charge in [-0.3, -0.25) is 0 Å². The zero-order chi connectivity index (χ0) is 27.3. The van der Waals surface area contributed by atoms with Gasteiger partial charge in [0, 0.05) is 23.6 Å². The van der Waals surface area contributed by atoms with E-state index in [2.05, 4.69) is 50.4 Å². The maximum absolute atomic E-state index is 12.0. The van der Waals surface area contributed by atoms with Gasteiger partial charge in [0.05, 0.1) is 29.7 Å². The van der Waals surface area contributed by atoms with Crippen LogP contribution in [0.1, 0.15) is 38.7 Å². The van der Waals surface area contributed by atoms with Crippen LogP contribution in [0.2, 0.25) is 0 Å². The average molecular weight is 523 g/mol. The first-order valence-corrected chi connectivity index (χ1v) is 14.2. The molecule has 2 heterocycles. The highest BCUT2D eigenvalue weighted by Crippen LogP contribution is 2.27. The molecule has 2 aromatic heterocycles. The van der Waals surface area contributed by atoms with Crippen LogP contribution in [0.15, 0.2) is 85.2 Å². The van der Waals surface area contributed by atoms with Crippen molar-refractivity contribution in [3.8, 4) is 5.69 Å². The van der Waals surface area contributed by atoms with Crippen LogP contribution in [0.5, 0.6) is 0 Å². The van der Waals surface area contributed by atoms with Gasteiger partial charge in [0.15, 0.2) is 21.2 Å². The molecule has 0 aliphatic carbocycles. The SMILES string of the molecule is [C-]#[N+]c1ccc2[nH]ccc2c1.[C-]#[N+]c1ccc2c(ccn2-c2ccc([C@@H](C)CCS(=O)(=O)C(C)C)cc2)c1. The van der Waals surface area contributed by atoms with Gasteiger partial charge in [0.1, 0.15) is 0 Å². The molecular weight excluding hydrogens is 492 g/mol. The standard InChI is InChI=1S/C22H24N2O2S.C9H6N2/c1-16(2)27(25,26)14-12-17(3)18-5-8-21(9-6-18)24-13-11-19-15-20(23-4)7-10-22(19)24;1-10-8-2-3-9-7(6-8)4-5-11-9/h5-11,13,15-17H,12,14H2,1-3H3;2-6,11H/t17-;/m0./s1. The Balaban J connectivity index is 0.000000253. The Morgan fingerprint density at radius 1 is 0.842 bits per heavy atom. The number of nitrogens with one attached hydrogen (secondary N) is 1. The van der Waals surface area contributed by atoms with Crippen molar-refractivity contribution in [2.45, 2.75) is 38.4 Å². The van der Waals surface area contributed by atoms with Crippen LogP contribution >= 0.6 is 0 Å². The Morgan fingerprint density at radius 3 is 2.16 bits per heavy atom. The van der Waals surface area contributed by atoms with Crippen molar-refractivity contribution in [3.63, 3.8) is 0 Å². The first kappa shape index (κ1) is 26.7. The van der Waals surface area contributed by atoms with E-state index in [1.165, 1.54) is 0 Å². The van der Waals surface area contributed by atoms with Crippen LogP contribution < -0.4 is 0 Å². The minimum atomic E-state index is -3.00. The molecule has 192 valence electrons. The largest absolute Gasteiger partial charge is 0.361 e. The molecular formula is C31H30N4O2S. The predicted octanol–water partition coefficient (Wildman–Crippen LogP) is 8.22. The van der Waals surface area contributed by atoms with E-state index in [4.69, 9.17) is 13.1 Å². The number of benzene rings is 3. The molecule has 5 aromatic rings. The van der Waals surface area contributed by atoms with E-state index < -0.39 is 9.84 Å². The zero-order valence-corrected chi connectivity index (χ0v) is 22.5. The monoisotopic (exact) mass is 522 g/mol. The molecule has 38 heavy (non-hydrogen) atoms. The Hall–Kier alpha value is -4.33. The normalized spacial score (nSPS) is 12.1. The summed E-state index contributed by atoms with van der Waals surface area (Å²) in [6.07, 6.45) is 4.51. The van der Waals surface area contributed by atoms with Crippen LogP contribution in [0.3, 0.4) is 0 Å². The third-order valence-corrected chi connectivity index (χ3v) is 9.00. The van der Waals surface area contributed by atoms with Gasteiger partial charge in [-0.15, -0.1) is 0 Å². The number of sulfone groups is 1. The summed E-state index contributed by atoms with van der Waals surface area (Å²) in [4.78, 5) is 9.88. The second-order valence-electron chi connectivity index (χ2n) is 9.60. The fraction of sp³-hybridized carbons (Fsp3) is 0.226. The third-order valence-electron chi connectivity index (χ3n) is 6.76. The van der Waals surface area contributed by atoms with Crippen LogP contribution in [0, 0.1) is 13.1 Å². The highest BCUT2D eigenvalue weighted by Gasteiger charge is 2.18. The number of nitrogens with zero attached hydrogens (tertiary/aromatic N) is 3. The minimum Gasteiger partial charge on any atom is -0.361 e. The lowest BCUT2D eigenvalue weighted by Gasteiger charge is -2.14. The smallest absolute Gasteiger partial charge is 0.187 e. The van der Waals surface area contributed by atoms with Crippen molar-refractivity contribution in [2.75, 3.05) is 5.75 Å². The van der Waals surface area contributed by atoms with Crippen LogP contribution in [0.25, 0.3) is 37.2 Å². The molecule has 0 fully saturated rings. The van der Waals surface area contributed by atoms with Crippen molar-refractivity contribution in [2.24, 2.45) is 0 Å². The second kappa shape index (κ2) is 11.4. The summed E-state index contributed by atoms with van der Waals surface area (Å²) in [6.45, 7) is 19.5. The Labute approximate surface area is 224 Å². The molecule has 0 bridgehead atoms. The average Bonchev–Trinajstić information content (AvgIpc) is 3.58. The summed E-state index contributed by atoms with van der Waals surface area (Å²) in [5.74, 6) is 0.411. The molecule has 0 radical (unpaired) electrons. The van der Waals surface area contributed by atoms with Crippen LogP contribution in [-0.2, 0) is 9.84 Å². The molecule has 1 atom stereocenters. The lowest BCUT2D eigenvalue weighted by molar-refractivity contribution is 0.580. The highest BCUT2D eigenvalue weighted by atomic mass is 32.2. The molecule has 6 nitrogen and oxygen atoms in total. The van der Waals surface area contributed by atoms with Crippen molar-refractivity contribution in [1.82, 2.24) is 9.55 Å². The minimum absolute atomic E-state index is 0.190. The molecule has 1 N–H and O–H groups in total. The van der Waals surface area contributed by atoms with Crippen LogP contribution in [-0.4, -0.2) is 29.0 Å². The van der Waals surface area contributed by atoms with Crippen LogP contribution in [0.4, 0.5) is 11.4 Å². The molecule has 3 aromatic carbocycles.